The van der Waals surface area contributed by atoms with Gasteiger partial charge < -0.3 is 14.5 Å². The molecule has 0 N–H and O–H groups in total. The number of fused-ring (bicyclic) bond motifs is 1. The molecule has 0 saturated carbocycles. The molecule has 6 heteroatoms. The molecule has 1 atom stereocenters. The van der Waals surface area contributed by atoms with Crippen LogP contribution in [0.1, 0.15) is 33.6 Å². The first kappa shape index (κ1) is 17.5. The summed E-state index contributed by atoms with van der Waals surface area (Å²) in [5.74, 6) is 0.862. The fourth-order valence-electron chi connectivity index (χ4n) is 3.06. The summed E-state index contributed by atoms with van der Waals surface area (Å²) in [5, 5.41) is 0. The summed E-state index contributed by atoms with van der Waals surface area (Å²) in [5.41, 5.74) is 1.30. The van der Waals surface area contributed by atoms with E-state index in [0.29, 0.717) is 0 Å². The molecule has 0 aliphatic carbocycles. The maximum Gasteiger partial charge on any atom is 0.410 e. The zero-order chi connectivity index (χ0) is 18.0. The third kappa shape index (κ3) is 4.18. The van der Waals surface area contributed by atoms with E-state index in [9.17, 15) is 4.79 Å². The zero-order valence-electron chi connectivity index (χ0n) is 15.4. The number of benzene rings is 1. The number of para-hydroxylation sites is 2. The van der Waals surface area contributed by atoms with Crippen molar-refractivity contribution in [1.82, 2.24) is 14.9 Å². The van der Waals surface area contributed by atoms with Crippen LogP contribution >= 0.6 is 0 Å². The van der Waals surface area contributed by atoms with E-state index in [1.165, 1.54) is 0 Å². The summed E-state index contributed by atoms with van der Waals surface area (Å²) < 4.78 is 5.49. The molecule has 1 fully saturated rings. The van der Waals surface area contributed by atoms with Crippen molar-refractivity contribution in [2.75, 3.05) is 25.0 Å². The van der Waals surface area contributed by atoms with Crippen molar-refractivity contribution in [2.24, 2.45) is 0 Å². The lowest BCUT2D eigenvalue weighted by Gasteiger charge is -2.38. The van der Waals surface area contributed by atoms with E-state index >= 15 is 0 Å². The van der Waals surface area contributed by atoms with Crippen LogP contribution in [0.4, 0.5) is 10.6 Å². The van der Waals surface area contributed by atoms with E-state index in [1.807, 2.05) is 58.3 Å². The Morgan fingerprint density at radius 1 is 1.28 bits per heavy atom. The fourth-order valence-corrected chi connectivity index (χ4v) is 3.06. The van der Waals surface area contributed by atoms with Crippen LogP contribution < -0.4 is 4.90 Å². The molecule has 25 heavy (non-hydrogen) atoms. The number of ether oxygens (including phenoxy) is 1. The molecule has 1 aromatic carbocycles. The molecule has 3 rings (SSSR count). The van der Waals surface area contributed by atoms with E-state index in [0.717, 1.165) is 42.8 Å². The Hall–Kier alpha value is -2.37. The van der Waals surface area contributed by atoms with Gasteiger partial charge in [0.1, 0.15) is 11.4 Å². The van der Waals surface area contributed by atoms with Gasteiger partial charge in [-0.25, -0.2) is 9.78 Å². The molecule has 1 unspecified atom stereocenters. The summed E-state index contributed by atoms with van der Waals surface area (Å²) in [6.07, 6.45) is 3.52. The van der Waals surface area contributed by atoms with E-state index < -0.39 is 5.60 Å². The normalized spacial score (nSPS) is 18.2. The van der Waals surface area contributed by atoms with Crippen molar-refractivity contribution in [3.05, 3.63) is 30.5 Å². The van der Waals surface area contributed by atoms with Crippen molar-refractivity contribution in [1.29, 1.82) is 0 Å². The van der Waals surface area contributed by atoms with E-state index in [1.54, 1.807) is 4.90 Å². The molecule has 1 amide bonds. The first-order valence-electron chi connectivity index (χ1n) is 8.76. The van der Waals surface area contributed by atoms with E-state index in [4.69, 9.17) is 9.72 Å². The Bertz CT molecular complexity index is 756. The molecule has 1 aliphatic rings. The Balaban J connectivity index is 1.72. The van der Waals surface area contributed by atoms with Gasteiger partial charge >= 0.3 is 6.09 Å². The van der Waals surface area contributed by atoms with Gasteiger partial charge in [-0.2, -0.15) is 0 Å². The van der Waals surface area contributed by atoms with Crippen LogP contribution in [0, 0.1) is 0 Å². The second-order valence-electron chi connectivity index (χ2n) is 7.55. The molecule has 0 bridgehead atoms. The van der Waals surface area contributed by atoms with Gasteiger partial charge in [-0.05, 0) is 45.7 Å². The second kappa shape index (κ2) is 6.86. The standard InChI is InChI=1S/C19H26N4O2/c1-19(2,3)25-18(24)22(4)14-8-7-11-23(13-14)17-12-20-15-9-5-6-10-16(15)21-17/h5-6,9-10,12,14H,7-8,11,13H2,1-4H3. The minimum absolute atomic E-state index is 0.108. The predicted octanol–water partition coefficient (Wildman–Crippen LogP) is 3.47. The highest BCUT2D eigenvalue weighted by atomic mass is 16.6. The van der Waals surface area contributed by atoms with E-state index in [-0.39, 0.29) is 12.1 Å². The minimum Gasteiger partial charge on any atom is -0.444 e. The van der Waals surface area contributed by atoms with Crippen molar-refractivity contribution < 1.29 is 9.53 Å². The number of hydrogen-bond donors (Lipinski definition) is 0. The quantitative estimate of drug-likeness (QED) is 0.836. The van der Waals surface area contributed by atoms with Gasteiger partial charge in [-0.15, -0.1) is 0 Å². The molecule has 1 aromatic heterocycles. The Morgan fingerprint density at radius 3 is 2.72 bits per heavy atom. The number of nitrogens with zero attached hydrogens (tertiary/aromatic N) is 4. The molecule has 1 saturated heterocycles. The van der Waals surface area contributed by atoms with Crippen LogP contribution in [0.5, 0.6) is 0 Å². The molecule has 134 valence electrons. The number of carbonyl (C=O) groups is 1. The van der Waals surface area contributed by atoms with Crippen molar-refractivity contribution >= 4 is 22.9 Å². The maximum atomic E-state index is 12.3. The predicted molar refractivity (Wildman–Crippen MR) is 98.8 cm³/mol. The number of anilines is 1. The molecule has 0 radical (unpaired) electrons. The van der Waals surface area contributed by atoms with Crippen LogP contribution in [0.25, 0.3) is 11.0 Å². The number of piperidine rings is 1. The third-order valence-electron chi connectivity index (χ3n) is 4.39. The van der Waals surface area contributed by atoms with Crippen molar-refractivity contribution in [2.45, 2.75) is 45.3 Å². The topological polar surface area (TPSA) is 58.6 Å². The second-order valence-corrected chi connectivity index (χ2v) is 7.55. The summed E-state index contributed by atoms with van der Waals surface area (Å²) in [7, 11) is 1.81. The minimum atomic E-state index is -0.483. The van der Waals surface area contributed by atoms with Gasteiger partial charge in [-0.3, -0.25) is 4.98 Å². The highest BCUT2D eigenvalue weighted by molar-refractivity contribution is 5.75. The van der Waals surface area contributed by atoms with Crippen LogP contribution in [-0.4, -0.2) is 52.7 Å². The smallest absolute Gasteiger partial charge is 0.410 e. The molecule has 6 nitrogen and oxygen atoms in total. The monoisotopic (exact) mass is 342 g/mol. The van der Waals surface area contributed by atoms with Gasteiger partial charge in [-0.1, -0.05) is 12.1 Å². The van der Waals surface area contributed by atoms with Crippen molar-refractivity contribution in [3.63, 3.8) is 0 Å². The van der Waals surface area contributed by atoms with E-state index in [2.05, 4.69) is 9.88 Å². The number of hydrogen-bond acceptors (Lipinski definition) is 5. The summed E-state index contributed by atoms with van der Waals surface area (Å²) in [6, 6.07) is 7.97. The van der Waals surface area contributed by atoms with Crippen LogP contribution in [0.15, 0.2) is 30.5 Å². The molecule has 1 aliphatic heterocycles. The zero-order valence-corrected chi connectivity index (χ0v) is 15.4. The molecule has 2 aromatic rings. The lowest BCUT2D eigenvalue weighted by Crippen LogP contribution is -2.50. The summed E-state index contributed by atoms with van der Waals surface area (Å²) in [6.45, 7) is 7.32. The number of carbonyl (C=O) groups excluding carboxylic acids is 1. The number of rotatable bonds is 2. The first-order valence-corrected chi connectivity index (χ1v) is 8.76. The summed E-state index contributed by atoms with van der Waals surface area (Å²) >= 11 is 0. The van der Waals surface area contributed by atoms with Crippen molar-refractivity contribution in [3.8, 4) is 0 Å². The number of likely N-dealkylation sites (N-methyl/N-ethyl adjacent to an activating group) is 1. The van der Waals surface area contributed by atoms with Gasteiger partial charge in [0.15, 0.2) is 0 Å². The number of amides is 1. The molecular formula is C19H26N4O2. The largest absolute Gasteiger partial charge is 0.444 e. The van der Waals surface area contributed by atoms with Gasteiger partial charge in [0.25, 0.3) is 0 Å². The maximum absolute atomic E-state index is 12.3. The lowest BCUT2D eigenvalue weighted by atomic mass is 10.0. The molecule has 0 spiro atoms. The van der Waals surface area contributed by atoms with Gasteiger partial charge in [0, 0.05) is 20.1 Å². The van der Waals surface area contributed by atoms with Crippen LogP contribution in [-0.2, 0) is 4.74 Å². The summed E-state index contributed by atoms with van der Waals surface area (Å²) in [4.78, 5) is 25.5. The first-order chi connectivity index (χ1) is 11.8. The highest BCUT2D eigenvalue weighted by Gasteiger charge is 2.29. The Kier molecular flexibility index (Phi) is 4.79. The molecular weight excluding hydrogens is 316 g/mol. The van der Waals surface area contributed by atoms with Gasteiger partial charge in [0.2, 0.25) is 0 Å². The average Bonchev–Trinajstić information content (AvgIpc) is 2.59. The SMILES string of the molecule is CN(C(=O)OC(C)(C)C)C1CCCN(c2cnc3ccccc3n2)C1. The highest BCUT2D eigenvalue weighted by Crippen LogP contribution is 2.23. The fraction of sp³-hybridized carbons (Fsp3) is 0.526. The third-order valence-corrected chi connectivity index (χ3v) is 4.39. The average molecular weight is 342 g/mol. The Labute approximate surface area is 148 Å². The van der Waals surface area contributed by atoms with Gasteiger partial charge in [0.05, 0.1) is 23.3 Å². The van der Waals surface area contributed by atoms with Crippen LogP contribution in [0.3, 0.4) is 0 Å². The van der Waals surface area contributed by atoms with Crippen LogP contribution in [0.2, 0.25) is 0 Å². The molecule has 2 heterocycles. The number of aromatic nitrogens is 2. The Morgan fingerprint density at radius 2 is 2.00 bits per heavy atom. The lowest BCUT2D eigenvalue weighted by molar-refractivity contribution is 0.0209.